The van der Waals surface area contributed by atoms with Crippen LogP contribution in [-0.4, -0.2) is 5.11 Å². The number of hydrogen-bond donors (Lipinski definition) is 1. The lowest BCUT2D eigenvalue weighted by atomic mass is 9.82. The maximum Gasteiger partial charge on any atom is 0.119 e. The Kier molecular flexibility index (Phi) is 2.56. The van der Waals surface area contributed by atoms with E-state index in [0.29, 0.717) is 11.7 Å². The van der Waals surface area contributed by atoms with Crippen molar-refractivity contribution in [3.05, 3.63) is 35.4 Å². The van der Waals surface area contributed by atoms with Crippen molar-refractivity contribution in [1.29, 1.82) is 0 Å². The highest BCUT2D eigenvalue weighted by Crippen LogP contribution is 2.37. The summed E-state index contributed by atoms with van der Waals surface area (Å²) in [4.78, 5) is 0. The second kappa shape index (κ2) is 3.73. The van der Waals surface area contributed by atoms with Crippen LogP contribution in [0.25, 0.3) is 5.57 Å². The van der Waals surface area contributed by atoms with Crippen LogP contribution in [0.5, 0.6) is 5.75 Å². The lowest BCUT2D eigenvalue weighted by Crippen LogP contribution is -2.07. The highest BCUT2D eigenvalue weighted by Gasteiger charge is 2.19. The minimum atomic E-state index is 0.456. The molecule has 0 amide bonds. The normalized spacial score (nSPS) is 19.7. The zero-order valence-corrected chi connectivity index (χ0v) is 9.51. The molecule has 0 fully saturated rings. The predicted molar refractivity (Wildman–Crippen MR) is 64.2 cm³/mol. The standard InChI is InChI=1S/C14H18O/c1-9(2)11-7-13-10(3)5-4-6-12(13)14(15)8-11/h7-8,10,15H,1,4-6H2,2-3H3/t10-/m0/s1. The molecule has 80 valence electrons. The molecule has 1 atom stereocenters. The van der Waals surface area contributed by atoms with Gasteiger partial charge in [0.25, 0.3) is 0 Å². The van der Waals surface area contributed by atoms with Crippen LogP contribution in [0.4, 0.5) is 0 Å². The van der Waals surface area contributed by atoms with E-state index in [0.717, 1.165) is 23.1 Å². The minimum Gasteiger partial charge on any atom is -0.508 e. The van der Waals surface area contributed by atoms with Crippen molar-refractivity contribution >= 4 is 5.57 Å². The van der Waals surface area contributed by atoms with Gasteiger partial charge in [-0.3, -0.25) is 0 Å². The molecule has 1 heteroatoms. The Morgan fingerprint density at radius 3 is 2.87 bits per heavy atom. The third kappa shape index (κ3) is 1.79. The van der Waals surface area contributed by atoms with Gasteiger partial charge >= 0.3 is 0 Å². The van der Waals surface area contributed by atoms with E-state index in [1.165, 1.54) is 18.4 Å². The Morgan fingerprint density at radius 1 is 1.47 bits per heavy atom. The van der Waals surface area contributed by atoms with Crippen molar-refractivity contribution in [1.82, 2.24) is 0 Å². The molecule has 0 heterocycles. The summed E-state index contributed by atoms with van der Waals surface area (Å²) in [6, 6.07) is 4.04. The van der Waals surface area contributed by atoms with E-state index in [2.05, 4.69) is 19.6 Å². The first-order valence-electron chi connectivity index (χ1n) is 5.61. The molecule has 0 aliphatic heterocycles. The maximum absolute atomic E-state index is 9.96. The molecule has 1 N–H and O–H groups in total. The van der Waals surface area contributed by atoms with Gasteiger partial charge in [-0.1, -0.05) is 25.1 Å². The topological polar surface area (TPSA) is 20.2 Å². The van der Waals surface area contributed by atoms with Gasteiger partial charge in [0, 0.05) is 0 Å². The summed E-state index contributed by atoms with van der Waals surface area (Å²) >= 11 is 0. The SMILES string of the molecule is C=C(C)c1cc(O)c2c(c1)[C@@H](C)CCC2. The third-order valence-electron chi connectivity index (χ3n) is 3.35. The second-order valence-electron chi connectivity index (χ2n) is 4.64. The van der Waals surface area contributed by atoms with Crippen molar-refractivity contribution in [3.8, 4) is 5.75 Å². The van der Waals surface area contributed by atoms with E-state index < -0.39 is 0 Å². The van der Waals surface area contributed by atoms with Gasteiger partial charge in [0.1, 0.15) is 5.75 Å². The van der Waals surface area contributed by atoms with Gasteiger partial charge in [0.05, 0.1) is 0 Å². The number of fused-ring (bicyclic) bond motifs is 1. The molecule has 0 saturated carbocycles. The van der Waals surface area contributed by atoms with E-state index >= 15 is 0 Å². The molecule has 1 aromatic carbocycles. The fourth-order valence-corrected chi connectivity index (χ4v) is 2.38. The highest BCUT2D eigenvalue weighted by atomic mass is 16.3. The van der Waals surface area contributed by atoms with Gasteiger partial charge in [-0.25, -0.2) is 0 Å². The quantitative estimate of drug-likeness (QED) is 0.733. The van der Waals surface area contributed by atoms with Crippen molar-refractivity contribution in [2.24, 2.45) is 0 Å². The first-order valence-corrected chi connectivity index (χ1v) is 5.61. The van der Waals surface area contributed by atoms with Gasteiger partial charge in [-0.2, -0.15) is 0 Å². The Bertz CT molecular complexity index is 404. The number of benzene rings is 1. The van der Waals surface area contributed by atoms with Crippen LogP contribution in [-0.2, 0) is 6.42 Å². The Hall–Kier alpha value is -1.24. The van der Waals surface area contributed by atoms with E-state index in [4.69, 9.17) is 0 Å². The number of rotatable bonds is 1. The molecule has 0 unspecified atom stereocenters. The second-order valence-corrected chi connectivity index (χ2v) is 4.64. The van der Waals surface area contributed by atoms with Crippen molar-refractivity contribution in [2.45, 2.75) is 39.0 Å². The zero-order valence-electron chi connectivity index (χ0n) is 9.51. The number of phenols is 1. The Morgan fingerprint density at radius 2 is 2.20 bits per heavy atom. The monoisotopic (exact) mass is 202 g/mol. The first kappa shape index (κ1) is 10.3. The van der Waals surface area contributed by atoms with E-state index in [-0.39, 0.29) is 0 Å². The van der Waals surface area contributed by atoms with Crippen LogP contribution in [0.3, 0.4) is 0 Å². The number of allylic oxidation sites excluding steroid dienone is 1. The number of hydrogen-bond acceptors (Lipinski definition) is 1. The lowest BCUT2D eigenvalue weighted by Gasteiger charge is -2.24. The Balaban J connectivity index is 2.56. The summed E-state index contributed by atoms with van der Waals surface area (Å²) in [7, 11) is 0. The summed E-state index contributed by atoms with van der Waals surface area (Å²) in [5.41, 5.74) is 4.56. The molecular formula is C14H18O. The fourth-order valence-electron chi connectivity index (χ4n) is 2.38. The van der Waals surface area contributed by atoms with Gasteiger partial charge < -0.3 is 5.11 Å². The van der Waals surface area contributed by atoms with Crippen molar-refractivity contribution in [2.75, 3.05) is 0 Å². The van der Waals surface area contributed by atoms with Crippen LogP contribution < -0.4 is 0 Å². The van der Waals surface area contributed by atoms with Crippen LogP contribution in [0.2, 0.25) is 0 Å². The summed E-state index contributed by atoms with van der Waals surface area (Å²) in [6.45, 7) is 8.15. The lowest BCUT2D eigenvalue weighted by molar-refractivity contribution is 0.456. The molecule has 2 rings (SSSR count). The van der Waals surface area contributed by atoms with Gasteiger partial charge in [0.2, 0.25) is 0 Å². The van der Waals surface area contributed by atoms with Gasteiger partial charge in [-0.05, 0) is 54.9 Å². The first-order chi connectivity index (χ1) is 7.09. The molecule has 1 nitrogen and oxygen atoms in total. The molecule has 0 spiro atoms. The molecule has 1 aromatic rings. The van der Waals surface area contributed by atoms with Crippen LogP contribution in [0.1, 0.15) is 49.3 Å². The van der Waals surface area contributed by atoms with Crippen LogP contribution in [0, 0.1) is 0 Å². The number of aromatic hydroxyl groups is 1. The average Bonchev–Trinajstić information content (AvgIpc) is 2.19. The molecule has 0 saturated heterocycles. The van der Waals surface area contributed by atoms with Gasteiger partial charge in [-0.15, -0.1) is 0 Å². The third-order valence-corrected chi connectivity index (χ3v) is 3.35. The molecular weight excluding hydrogens is 184 g/mol. The number of phenolic OH excluding ortho intramolecular Hbond substituents is 1. The molecule has 0 bridgehead atoms. The summed E-state index contributed by atoms with van der Waals surface area (Å²) in [5, 5.41) is 9.96. The van der Waals surface area contributed by atoms with Crippen molar-refractivity contribution < 1.29 is 5.11 Å². The van der Waals surface area contributed by atoms with Gasteiger partial charge in [0.15, 0.2) is 0 Å². The Labute approximate surface area is 91.4 Å². The molecule has 0 aromatic heterocycles. The molecule has 1 aliphatic carbocycles. The molecule has 15 heavy (non-hydrogen) atoms. The minimum absolute atomic E-state index is 0.456. The largest absolute Gasteiger partial charge is 0.508 e. The molecule has 1 aliphatic rings. The summed E-state index contributed by atoms with van der Waals surface area (Å²) in [5.74, 6) is 1.02. The van der Waals surface area contributed by atoms with Crippen LogP contribution in [0.15, 0.2) is 18.7 Å². The smallest absolute Gasteiger partial charge is 0.119 e. The van der Waals surface area contributed by atoms with E-state index in [1.807, 2.05) is 13.0 Å². The highest BCUT2D eigenvalue weighted by molar-refractivity contribution is 5.65. The van der Waals surface area contributed by atoms with Crippen molar-refractivity contribution in [3.63, 3.8) is 0 Å². The maximum atomic E-state index is 9.96. The predicted octanol–water partition coefficient (Wildman–Crippen LogP) is 3.87. The van der Waals surface area contributed by atoms with E-state index in [1.54, 1.807) is 0 Å². The summed E-state index contributed by atoms with van der Waals surface area (Å²) < 4.78 is 0. The summed E-state index contributed by atoms with van der Waals surface area (Å²) in [6.07, 6.45) is 3.43. The zero-order chi connectivity index (χ0) is 11.0. The average molecular weight is 202 g/mol. The molecule has 0 radical (unpaired) electrons. The van der Waals surface area contributed by atoms with E-state index in [9.17, 15) is 5.11 Å². The fraction of sp³-hybridized carbons (Fsp3) is 0.429. The van der Waals surface area contributed by atoms with Crippen LogP contribution >= 0.6 is 0 Å².